The molecule has 0 radical (unpaired) electrons. The Morgan fingerprint density at radius 2 is 2.00 bits per heavy atom. The lowest BCUT2D eigenvalue weighted by Gasteiger charge is -2.34. The molecule has 6 heteroatoms. The lowest BCUT2D eigenvalue weighted by Crippen LogP contribution is -2.48. The quantitative estimate of drug-likeness (QED) is 0.867. The third kappa shape index (κ3) is 3.76. The van der Waals surface area contributed by atoms with Crippen LogP contribution in [0.1, 0.15) is 25.9 Å². The number of amides is 1. The van der Waals surface area contributed by atoms with E-state index in [1.54, 1.807) is 28.4 Å². The Bertz CT molecular complexity index is 688. The molecule has 1 amide bonds. The van der Waals surface area contributed by atoms with Gasteiger partial charge in [-0.3, -0.25) is 9.69 Å². The maximum absolute atomic E-state index is 13.2. The summed E-state index contributed by atoms with van der Waals surface area (Å²) in [4.78, 5) is 22.3. The molecule has 0 unspecified atom stereocenters. The Labute approximate surface area is 139 Å². The number of nitrogens with zero attached hydrogens (tertiary/aromatic N) is 3. The second-order valence-electron chi connectivity index (χ2n) is 5.83. The summed E-state index contributed by atoms with van der Waals surface area (Å²) in [5.74, 6) is -0.464. The van der Waals surface area contributed by atoms with E-state index in [-0.39, 0.29) is 11.7 Å². The van der Waals surface area contributed by atoms with Crippen molar-refractivity contribution in [3.63, 3.8) is 0 Å². The monoisotopic (exact) mass is 333 g/mol. The Kier molecular flexibility index (Phi) is 4.73. The Balaban J connectivity index is 1.56. The van der Waals surface area contributed by atoms with Crippen LogP contribution in [0.4, 0.5) is 4.39 Å². The zero-order valence-corrected chi connectivity index (χ0v) is 14.2. The normalized spacial score (nSPS) is 15.9. The zero-order chi connectivity index (χ0) is 16.4. The molecule has 1 aliphatic heterocycles. The van der Waals surface area contributed by atoms with Crippen molar-refractivity contribution in [3.05, 3.63) is 51.2 Å². The fourth-order valence-electron chi connectivity index (χ4n) is 2.71. The van der Waals surface area contributed by atoms with Crippen molar-refractivity contribution >= 4 is 17.2 Å². The first-order chi connectivity index (χ1) is 11.0. The van der Waals surface area contributed by atoms with Gasteiger partial charge in [-0.2, -0.15) is 0 Å². The average molecular weight is 333 g/mol. The van der Waals surface area contributed by atoms with E-state index in [1.165, 1.54) is 17.0 Å². The molecule has 23 heavy (non-hydrogen) atoms. The molecule has 0 spiro atoms. The SMILES string of the molecule is Cc1nc(CN2CCN(C(=O)c3cccc(F)c3)CC2)sc1C. The topological polar surface area (TPSA) is 36.4 Å². The summed E-state index contributed by atoms with van der Waals surface area (Å²) in [6, 6.07) is 5.90. The van der Waals surface area contributed by atoms with E-state index in [9.17, 15) is 9.18 Å². The highest BCUT2D eigenvalue weighted by molar-refractivity contribution is 7.11. The number of aromatic nitrogens is 1. The van der Waals surface area contributed by atoms with Gasteiger partial charge in [0.25, 0.3) is 5.91 Å². The van der Waals surface area contributed by atoms with Gasteiger partial charge < -0.3 is 4.90 Å². The highest BCUT2D eigenvalue weighted by atomic mass is 32.1. The number of halogens is 1. The highest BCUT2D eigenvalue weighted by Gasteiger charge is 2.23. The molecule has 2 heterocycles. The summed E-state index contributed by atoms with van der Waals surface area (Å²) in [7, 11) is 0. The van der Waals surface area contributed by atoms with Crippen molar-refractivity contribution in [2.45, 2.75) is 20.4 Å². The predicted octanol–water partition coefficient (Wildman–Crippen LogP) is 2.86. The van der Waals surface area contributed by atoms with Crippen molar-refractivity contribution in [3.8, 4) is 0 Å². The first kappa shape index (κ1) is 16.1. The largest absolute Gasteiger partial charge is 0.336 e. The van der Waals surface area contributed by atoms with Crippen LogP contribution >= 0.6 is 11.3 Å². The van der Waals surface area contributed by atoms with Crippen molar-refractivity contribution < 1.29 is 9.18 Å². The summed E-state index contributed by atoms with van der Waals surface area (Å²) in [6.07, 6.45) is 0. The van der Waals surface area contributed by atoms with E-state index < -0.39 is 0 Å². The molecule has 4 nitrogen and oxygen atoms in total. The van der Waals surface area contributed by atoms with Crippen LogP contribution in [0.3, 0.4) is 0 Å². The third-order valence-electron chi connectivity index (χ3n) is 4.16. The molecule has 1 aromatic carbocycles. The number of carbonyl (C=O) groups is 1. The molecule has 0 bridgehead atoms. The minimum Gasteiger partial charge on any atom is -0.336 e. The van der Waals surface area contributed by atoms with Gasteiger partial charge in [-0.15, -0.1) is 11.3 Å². The molecule has 0 atom stereocenters. The smallest absolute Gasteiger partial charge is 0.254 e. The Morgan fingerprint density at radius 3 is 2.61 bits per heavy atom. The Hall–Kier alpha value is -1.79. The van der Waals surface area contributed by atoms with E-state index >= 15 is 0 Å². The molecule has 0 saturated carbocycles. The molecule has 0 N–H and O–H groups in total. The maximum atomic E-state index is 13.2. The lowest BCUT2D eigenvalue weighted by molar-refractivity contribution is 0.0628. The molecule has 1 aliphatic rings. The lowest BCUT2D eigenvalue weighted by atomic mass is 10.1. The maximum Gasteiger partial charge on any atom is 0.254 e. The van der Waals surface area contributed by atoms with Crippen LogP contribution in [0.5, 0.6) is 0 Å². The van der Waals surface area contributed by atoms with Gasteiger partial charge in [0, 0.05) is 36.6 Å². The van der Waals surface area contributed by atoms with Crippen LogP contribution in [-0.2, 0) is 6.54 Å². The second-order valence-corrected chi connectivity index (χ2v) is 7.12. The molecule has 3 rings (SSSR count). The van der Waals surface area contributed by atoms with Crippen molar-refractivity contribution in [2.75, 3.05) is 26.2 Å². The summed E-state index contributed by atoms with van der Waals surface area (Å²) >= 11 is 1.74. The van der Waals surface area contributed by atoms with Crippen LogP contribution in [0.15, 0.2) is 24.3 Å². The highest BCUT2D eigenvalue weighted by Crippen LogP contribution is 2.19. The van der Waals surface area contributed by atoms with Crippen LogP contribution in [0.2, 0.25) is 0 Å². The molecule has 1 fully saturated rings. The molecule has 0 aliphatic carbocycles. The fraction of sp³-hybridized carbons (Fsp3) is 0.412. The van der Waals surface area contributed by atoms with Gasteiger partial charge in [0.2, 0.25) is 0 Å². The summed E-state index contributed by atoms with van der Waals surface area (Å²) in [5, 5.41) is 1.13. The van der Waals surface area contributed by atoms with Gasteiger partial charge >= 0.3 is 0 Å². The van der Waals surface area contributed by atoms with Crippen LogP contribution in [0, 0.1) is 19.7 Å². The van der Waals surface area contributed by atoms with E-state index in [4.69, 9.17) is 0 Å². The van der Waals surface area contributed by atoms with Crippen LogP contribution in [-0.4, -0.2) is 46.9 Å². The number of carbonyl (C=O) groups excluding carboxylic acids is 1. The van der Waals surface area contributed by atoms with E-state index in [1.807, 2.05) is 6.92 Å². The van der Waals surface area contributed by atoms with E-state index in [2.05, 4.69) is 16.8 Å². The minimum absolute atomic E-state index is 0.0925. The van der Waals surface area contributed by atoms with Gasteiger partial charge in [-0.1, -0.05) is 6.07 Å². The molecule has 1 aromatic heterocycles. The van der Waals surface area contributed by atoms with Gasteiger partial charge in [-0.25, -0.2) is 9.37 Å². The number of hydrogen-bond donors (Lipinski definition) is 0. The van der Waals surface area contributed by atoms with Crippen molar-refractivity contribution in [1.82, 2.24) is 14.8 Å². The number of piperazine rings is 1. The number of hydrogen-bond acceptors (Lipinski definition) is 4. The average Bonchev–Trinajstić information content (AvgIpc) is 2.85. The zero-order valence-electron chi connectivity index (χ0n) is 13.4. The first-order valence-corrected chi connectivity index (χ1v) is 8.54. The molecule has 2 aromatic rings. The number of aryl methyl sites for hydroxylation is 2. The van der Waals surface area contributed by atoms with E-state index in [0.717, 1.165) is 30.3 Å². The summed E-state index contributed by atoms with van der Waals surface area (Å²) in [6.45, 7) is 7.92. The number of rotatable bonds is 3. The summed E-state index contributed by atoms with van der Waals surface area (Å²) in [5.41, 5.74) is 1.52. The molecule has 122 valence electrons. The van der Waals surface area contributed by atoms with Crippen molar-refractivity contribution in [1.29, 1.82) is 0 Å². The fourth-order valence-corrected chi connectivity index (χ4v) is 3.69. The van der Waals surface area contributed by atoms with Gasteiger partial charge in [-0.05, 0) is 32.0 Å². The molecular formula is C17H20FN3OS. The second kappa shape index (κ2) is 6.76. The predicted molar refractivity (Wildman–Crippen MR) is 89.2 cm³/mol. The first-order valence-electron chi connectivity index (χ1n) is 7.73. The standard InChI is InChI=1S/C17H20FN3OS/c1-12-13(2)23-16(19-12)11-20-6-8-21(9-7-20)17(22)14-4-3-5-15(18)10-14/h3-5,10H,6-9,11H2,1-2H3. The van der Waals surface area contributed by atoms with Crippen molar-refractivity contribution in [2.24, 2.45) is 0 Å². The number of thiazole rings is 1. The van der Waals surface area contributed by atoms with Gasteiger partial charge in [0.05, 0.1) is 12.2 Å². The summed E-state index contributed by atoms with van der Waals surface area (Å²) < 4.78 is 13.2. The van der Waals surface area contributed by atoms with Crippen LogP contribution < -0.4 is 0 Å². The molecular weight excluding hydrogens is 313 g/mol. The number of benzene rings is 1. The minimum atomic E-state index is -0.371. The third-order valence-corrected chi connectivity index (χ3v) is 5.22. The van der Waals surface area contributed by atoms with Crippen LogP contribution in [0.25, 0.3) is 0 Å². The van der Waals surface area contributed by atoms with Gasteiger partial charge in [0.15, 0.2) is 0 Å². The Morgan fingerprint density at radius 1 is 1.26 bits per heavy atom. The van der Waals surface area contributed by atoms with Gasteiger partial charge in [0.1, 0.15) is 10.8 Å². The molecule has 1 saturated heterocycles. The van der Waals surface area contributed by atoms with E-state index in [0.29, 0.717) is 18.7 Å².